The van der Waals surface area contributed by atoms with E-state index in [0.29, 0.717) is 26.2 Å². The molecule has 1 fully saturated rings. The maximum Gasteiger partial charge on any atom is 0.320 e. The predicted octanol–water partition coefficient (Wildman–Crippen LogP) is 4.38. The van der Waals surface area contributed by atoms with Gasteiger partial charge in [-0.05, 0) is 49.4 Å². The summed E-state index contributed by atoms with van der Waals surface area (Å²) >= 11 is 0. The van der Waals surface area contributed by atoms with Crippen LogP contribution in [0.15, 0.2) is 77.2 Å². The van der Waals surface area contributed by atoms with Crippen LogP contribution in [0.2, 0.25) is 0 Å². The Bertz CT molecular complexity index is 1110. The van der Waals surface area contributed by atoms with Crippen LogP contribution in [-0.4, -0.2) is 60.6 Å². The first-order chi connectivity index (χ1) is 18.0. The molecule has 0 bridgehead atoms. The molecule has 1 aliphatic heterocycles. The fourth-order valence-corrected chi connectivity index (χ4v) is 4.48. The highest BCUT2D eigenvalue weighted by Gasteiger charge is 2.25. The van der Waals surface area contributed by atoms with E-state index in [2.05, 4.69) is 12.1 Å². The zero-order valence-corrected chi connectivity index (χ0v) is 21.5. The number of rotatable bonds is 13. The van der Waals surface area contributed by atoms with Crippen molar-refractivity contribution in [3.8, 4) is 0 Å². The van der Waals surface area contributed by atoms with Gasteiger partial charge in [0.05, 0.1) is 25.7 Å². The van der Waals surface area contributed by atoms with Crippen LogP contribution in [0.3, 0.4) is 0 Å². The van der Waals surface area contributed by atoms with Gasteiger partial charge in [-0.15, -0.1) is 0 Å². The molecule has 1 aromatic heterocycles. The van der Waals surface area contributed by atoms with Crippen molar-refractivity contribution in [1.29, 1.82) is 0 Å². The SMILES string of the molecule is Cc1ccc(CN(CCc2ccccc2)C(=O)CN(CC(=O)OCc2ccccc2)C[C@@H]2CCCO2)o1. The van der Waals surface area contributed by atoms with Gasteiger partial charge >= 0.3 is 5.97 Å². The molecule has 2 aromatic carbocycles. The minimum atomic E-state index is -0.354. The molecular formula is C30H36N2O5. The lowest BCUT2D eigenvalue weighted by Gasteiger charge is -2.28. The highest BCUT2D eigenvalue weighted by Crippen LogP contribution is 2.15. The second-order valence-corrected chi connectivity index (χ2v) is 9.51. The summed E-state index contributed by atoms with van der Waals surface area (Å²) in [6.45, 7) is 4.40. The van der Waals surface area contributed by atoms with E-state index in [1.165, 1.54) is 0 Å². The van der Waals surface area contributed by atoms with Crippen molar-refractivity contribution >= 4 is 11.9 Å². The Kier molecular flexibility index (Phi) is 9.91. The summed E-state index contributed by atoms with van der Waals surface area (Å²) in [6.07, 6.45) is 2.66. The van der Waals surface area contributed by atoms with Crippen LogP contribution in [0.5, 0.6) is 0 Å². The number of hydrogen-bond donors (Lipinski definition) is 0. The molecule has 0 saturated carbocycles. The zero-order valence-electron chi connectivity index (χ0n) is 21.5. The van der Waals surface area contributed by atoms with E-state index in [-0.39, 0.29) is 37.7 Å². The highest BCUT2D eigenvalue weighted by atomic mass is 16.5. The lowest BCUT2D eigenvalue weighted by molar-refractivity contribution is -0.147. The highest BCUT2D eigenvalue weighted by molar-refractivity contribution is 5.79. The van der Waals surface area contributed by atoms with Crippen molar-refractivity contribution in [3.63, 3.8) is 0 Å². The van der Waals surface area contributed by atoms with Crippen LogP contribution in [0.4, 0.5) is 0 Å². The van der Waals surface area contributed by atoms with Crippen molar-refractivity contribution in [2.45, 2.75) is 45.4 Å². The van der Waals surface area contributed by atoms with Gasteiger partial charge in [-0.1, -0.05) is 60.7 Å². The third-order valence-electron chi connectivity index (χ3n) is 6.45. The van der Waals surface area contributed by atoms with Crippen LogP contribution >= 0.6 is 0 Å². The van der Waals surface area contributed by atoms with Gasteiger partial charge in [0, 0.05) is 19.7 Å². The number of benzene rings is 2. The number of aryl methyl sites for hydroxylation is 1. The van der Waals surface area contributed by atoms with E-state index in [0.717, 1.165) is 41.9 Å². The summed E-state index contributed by atoms with van der Waals surface area (Å²) in [7, 11) is 0. The summed E-state index contributed by atoms with van der Waals surface area (Å²) in [5, 5.41) is 0. The number of ether oxygens (including phenoxy) is 2. The Hall–Kier alpha value is -3.42. The largest absolute Gasteiger partial charge is 0.464 e. The Morgan fingerprint density at radius 2 is 1.68 bits per heavy atom. The smallest absolute Gasteiger partial charge is 0.320 e. The number of esters is 1. The van der Waals surface area contributed by atoms with Gasteiger partial charge in [-0.3, -0.25) is 14.5 Å². The third-order valence-corrected chi connectivity index (χ3v) is 6.45. The van der Waals surface area contributed by atoms with Crippen LogP contribution < -0.4 is 0 Å². The molecule has 0 unspecified atom stereocenters. The molecule has 1 atom stereocenters. The van der Waals surface area contributed by atoms with Crippen LogP contribution in [0.25, 0.3) is 0 Å². The fraction of sp³-hybridized carbons (Fsp3) is 0.400. The standard InChI is InChI=1S/C30H36N2O5/c1-24-14-15-28(37-24)20-32(17-16-25-9-4-2-5-10-25)29(33)21-31(19-27-13-8-18-35-27)22-30(34)36-23-26-11-6-3-7-12-26/h2-7,9-12,14-15,27H,8,13,16-23H2,1H3/t27-/m0/s1. The number of nitrogens with zero attached hydrogens (tertiary/aromatic N) is 2. The maximum absolute atomic E-state index is 13.6. The van der Waals surface area contributed by atoms with E-state index in [1.54, 1.807) is 0 Å². The normalized spacial score (nSPS) is 15.1. The summed E-state index contributed by atoms with van der Waals surface area (Å²) in [5.41, 5.74) is 2.09. The van der Waals surface area contributed by atoms with Gasteiger partial charge in [-0.25, -0.2) is 0 Å². The Labute approximate surface area is 219 Å². The van der Waals surface area contributed by atoms with Crippen LogP contribution in [0.1, 0.15) is 35.5 Å². The average molecular weight is 505 g/mol. The lowest BCUT2D eigenvalue weighted by atomic mass is 10.1. The predicted molar refractivity (Wildman–Crippen MR) is 141 cm³/mol. The number of furan rings is 1. The zero-order chi connectivity index (χ0) is 25.9. The molecule has 0 N–H and O–H groups in total. The maximum atomic E-state index is 13.6. The molecule has 7 nitrogen and oxygen atoms in total. The minimum Gasteiger partial charge on any atom is -0.464 e. The average Bonchev–Trinajstić information content (AvgIpc) is 3.58. The third kappa shape index (κ3) is 8.88. The Morgan fingerprint density at radius 1 is 0.946 bits per heavy atom. The van der Waals surface area contributed by atoms with Crippen LogP contribution in [-0.2, 0) is 38.6 Å². The van der Waals surface area contributed by atoms with E-state index < -0.39 is 0 Å². The molecule has 4 rings (SSSR count). The van der Waals surface area contributed by atoms with Crippen molar-refractivity contribution in [2.75, 3.05) is 32.8 Å². The molecule has 1 aliphatic rings. The number of amides is 1. The molecule has 7 heteroatoms. The van der Waals surface area contributed by atoms with E-state index in [4.69, 9.17) is 13.9 Å². The molecule has 1 saturated heterocycles. The van der Waals surface area contributed by atoms with Gasteiger partial charge in [0.25, 0.3) is 0 Å². The van der Waals surface area contributed by atoms with E-state index in [1.807, 2.05) is 77.4 Å². The summed E-state index contributed by atoms with van der Waals surface area (Å²) in [5.74, 6) is 1.14. The lowest BCUT2D eigenvalue weighted by Crippen LogP contribution is -2.45. The minimum absolute atomic E-state index is 0.0141. The molecular weight excluding hydrogens is 468 g/mol. The van der Waals surface area contributed by atoms with Crippen molar-refractivity contribution in [3.05, 3.63) is 95.4 Å². The molecule has 2 heterocycles. The van der Waals surface area contributed by atoms with E-state index in [9.17, 15) is 9.59 Å². The van der Waals surface area contributed by atoms with Gasteiger partial charge in [0.1, 0.15) is 18.1 Å². The van der Waals surface area contributed by atoms with Crippen molar-refractivity contribution in [2.24, 2.45) is 0 Å². The topological polar surface area (TPSA) is 72.2 Å². The second-order valence-electron chi connectivity index (χ2n) is 9.51. The molecule has 1 amide bonds. The monoisotopic (exact) mass is 504 g/mol. The molecule has 3 aromatic rings. The van der Waals surface area contributed by atoms with Gasteiger partial charge in [-0.2, -0.15) is 0 Å². The Morgan fingerprint density at radius 3 is 2.32 bits per heavy atom. The van der Waals surface area contributed by atoms with Gasteiger partial charge in [0.15, 0.2) is 0 Å². The first-order valence-corrected chi connectivity index (χ1v) is 13.0. The molecule has 196 valence electrons. The fourth-order valence-electron chi connectivity index (χ4n) is 4.48. The van der Waals surface area contributed by atoms with Gasteiger partial charge in [0.2, 0.25) is 5.91 Å². The van der Waals surface area contributed by atoms with E-state index >= 15 is 0 Å². The van der Waals surface area contributed by atoms with Crippen LogP contribution in [0, 0.1) is 6.92 Å². The molecule has 0 spiro atoms. The quantitative estimate of drug-likeness (QED) is 0.322. The Balaban J connectivity index is 1.40. The van der Waals surface area contributed by atoms with Crippen molar-refractivity contribution in [1.82, 2.24) is 9.80 Å². The van der Waals surface area contributed by atoms with Crippen molar-refractivity contribution < 1.29 is 23.5 Å². The molecule has 0 aliphatic carbocycles. The number of carbonyl (C=O) groups is 2. The summed E-state index contributed by atoms with van der Waals surface area (Å²) in [4.78, 5) is 29.9. The van der Waals surface area contributed by atoms with Gasteiger partial charge < -0.3 is 18.8 Å². The summed E-state index contributed by atoms with van der Waals surface area (Å²) in [6, 6.07) is 23.5. The molecule has 37 heavy (non-hydrogen) atoms. The first kappa shape index (κ1) is 26.6. The second kappa shape index (κ2) is 13.8. The molecule has 0 radical (unpaired) electrons. The number of hydrogen-bond acceptors (Lipinski definition) is 6. The summed E-state index contributed by atoms with van der Waals surface area (Å²) < 4.78 is 17.1. The number of carbonyl (C=O) groups excluding carboxylic acids is 2. The first-order valence-electron chi connectivity index (χ1n) is 13.0.